The highest BCUT2D eigenvalue weighted by molar-refractivity contribution is 6.30. The van der Waals surface area contributed by atoms with Gasteiger partial charge in [0.25, 0.3) is 0 Å². The Hall–Kier alpha value is -2.17. The number of amides is 1. The molecule has 2 aromatic rings. The molecule has 1 aromatic carbocycles. The van der Waals surface area contributed by atoms with Crippen molar-refractivity contribution in [2.24, 2.45) is 5.92 Å². The molecule has 4 nitrogen and oxygen atoms in total. The summed E-state index contributed by atoms with van der Waals surface area (Å²) in [5.74, 6) is 0.875. The van der Waals surface area contributed by atoms with Crippen LogP contribution in [0.2, 0.25) is 5.02 Å². The number of carbonyl (C=O) groups is 1. The molecule has 1 N–H and O–H groups in total. The number of nitrogens with zero attached hydrogens (tertiary/aromatic N) is 2. The third-order valence-electron chi connectivity index (χ3n) is 6.62. The topological polar surface area (TPSA) is 53.4 Å². The van der Waals surface area contributed by atoms with Gasteiger partial charge in [-0.15, -0.1) is 0 Å². The van der Waals surface area contributed by atoms with Crippen molar-refractivity contribution in [2.45, 2.75) is 51.4 Å². The van der Waals surface area contributed by atoms with Crippen molar-refractivity contribution in [3.05, 3.63) is 63.9 Å². The summed E-state index contributed by atoms with van der Waals surface area (Å²) in [4.78, 5) is 19.3. The number of pyridine rings is 1. The first kappa shape index (κ1) is 22.0. The normalized spacial score (nSPS) is 18.7. The summed E-state index contributed by atoms with van der Waals surface area (Å²) in [7, 11) is 0. The highest BCUT2D eigenvalue weighted by atomic mass is 35.5. The number of allylic oxidation sites excluding steroid dienone is 1. The Morgan fingerprint density at radius 3 is 2.81 bits per heavy atom. The number of rotatable bonds is 6. The summed E-state index contributed by atoms with van der Waals surface area (Å²) >= 11 is 6.42. The summed E-state index contributed by atoms with van der Waals surface area (Å²) in [6, 6.07) is 10.3. The molecule has 1 aromatic heterocycles. The smallest absolute Gasteiger partial charge is 0.222 e. The molecule has 1 aliphatic heterocycles. The van der Waals surface area contributed by atoms with Crippen molar-refractivity contribution in [1.82, 2.24) is 9.88 Å². The van der Waals surface area contributed by atoms with Gasteiger partial charge >= 0.3 is 0 Å². The number of hydrogen-bond acceptors (Lipinski definition) is 3. The molecule has 1 saturated heterocycles. The van der Waals surface area contributed by atoms with Gasteiger partial charge in [0.15, 0.2) is 0 Å². The number of piperidine rings is 1. The summed E-state index contributed by atoms with van der Waals surface area (Å²) in [5.41, 5.74) is 5.91. The number of aromatic nitrogens is 1. The number of fused-ring (bicyclic) bond motifs is 2. The molecule has 1 atom stereocenters. The Labute approximate surface area is 189 Å². The van der Waals surface area contributed by atoms with Crippen LogP contribution in [0.25, 0.3) is 11.6 Å². The maximum Gasteiger partial charge on any atom is 0.222 e. The van der Waals surface area contributed by atoms with Crippen LogP contribution < -0.4 is 0 Å². The van der Waals surface area contributed by atoms with Gasteiger partial charge in [0, 0.05) is 43.3 Å². The van der Waals surface area contributed by atoms with Crippen LogP contribution in [0.15, 0.2) is 36.5 Å². The Morgan fingerprint density at radius 2 is 2.06 bits per heavy atom. The molecule has 0 bridgehead atoms. The molecule has 0 saturated carbocycles. The van der Waals surface area contributed by atoms with Crippen LogP contribution in [-0.4, -0.2) is 40.6 Å². The van der Waals surface area contributed by atoms with Crippen molar-refractivity contribution in [3.63, 3.8) is 0 Å². The third-order valence-corrected chi connectivity index (χ3v) is 6.86. The first-order valence-corrected chi connectivity index (χ1v) is 11.8. The maximum atomic E-state index is 12.4. The van der Waals surface area contributed by atoms with Crippen molar-refractivity contribution < 1.29 is 9.90 Å². The zero-order chi connectivity index (χ0) is 21.8. The second kappa shape index (κ2) is 9.97. The number of aliphatic hydroxyl groups excluding tert-OH is 1. The number of benzene rings is 1. The zero-order valence-electron chi connectivity index (χ0n) is 18.2. The average molecular weight is 439 g/mol. The third kappa shape index (κ3) is 4.70. The summed E-state index contributed by atoms with van der Waals surface area (Å²) in [5, 5.41) is 10.2. The number of aliphatic hydroxyl groups is 1. The number of likely N-dealkylation sites (tertiary alicyclic amines) is 1. The van der Waals surface area contributed by atoms with Crippen LogP contribution in [-0.2, 0) is 4.79 Å². The number of halogens is 1. The van der Waals surface area contributed by atoms with Crippen molar-refractivity contribution >= 4 is 29.2 Å². The molecule has 1 fully saturated rings. The largest absolute Gasteiger partial charge is 0.396 e. The molecule has 1 unspecified atom stereocenters. The first-order valence-electron chi connectivity index (χ1n) is 11.5. The van der Waals surface area contributed by atoms with E-state index in [1.165, 1.54) is 16.7 Å². The second-order valence-corrected chi connectivity index (χ2v) is 9.09. The first-order chi connectivity index (χ1) is 15.1. The van der Waals surface area contributed by atoms with E-state index in [2.05, 4.69) is 31.2 Å². The zero-order valence-corrected chi connectivity index (χ0v) is 18.9. The fraction of sp³-hybridized carbons (Fsp3) is 0.462. The fourth-order valence-corrected chi connectivity index (χ4v) is 5.28. The quantitative estimate of drug-likeness (QED) is 0.644. The molecule has 2 heterocycles. The maximum absolute atomic E-state index is 12.4. The molecule has 164 valence electrons. The lowest BCUT2D eigenvalue weighted by Crippen LogP contribution is -2.40. The molecular formula is C26H31ClN2O2. The Balaban J connectivity index is 1.72. The van der Waals surface area contributed by atoms with Crippen molar-refractivity contribution in [3.8, 4) is 0 Å². The lowest BCUT2D eigenvalue weighted by molar-refractivity contribution is -0.132. The van der Waals surface area contributed by atoms with Crippen LogP contribution in [0.5, 0.6) is 0 Å². The van der Waals surface area contributed by atoms with E-state index >= 15 is 0 Å². The second-order valence-electron chi connectivity index (χ2n) is 8.65. The van der Waals surface area contributed by atoms with Gasteiger partial charge in [-0.2, -0.15) is 0 Å². The van der Waals surface area contributed by atoms with Gasteiger partial charge in [0.2, 0.25) is 5.91 Å². The van der Waals surface area contributed by atoms with Gasteiger partial charge in [-0.3, -0.25) is 9.78 Å². The molecule has 1 aliphatic carbocycles. The predicted molar refractivity (Wildman–Crippen MR) is 126 cm³/mol. The van der Waals surface area contributed by atoms with Gasteiger partial charge in [-0.05, 0) is 84.6 Å². The molecule has 0 radical (unpaired) electrons. The van der Waals surface area contributed by atoms with Gasteiger partial charge in [-0.1, -0.05) is 30.7 Å². The van der Waals surface area contributed by atoms with E-state index in [0.29, 0.717) is 12.3 Å². The highest BCUT2D eigenvalue weighted by Crippen LogP contribution is 2.45. The van der Waals surface area contributed by atoms with Crippen LogP contribution in [0.4, 0.5) is 0 Å². The lowest BCUT2D eigenvalue weighted by Gasteiger charge is -2.37. The summed E-state index contributed by atoms with van der Waals surface area (Å²) < 4.78 is 0. The highest BCUT2D eigenvalue weighted by Gasteiger charge is 2.35. The van der Waals surface area contributed by atoms with E-state index in [-0.39, 0.29) is 18.4 Å². The minimum atomic E-state index is 0.167. The van der Waals surface area contributed by atoms with E-state index in [1.807, 2.05) is 23.2 Å². The Morgan fingerprint density at radius 1 is 1.26 bits per heavy atom. The molecule has 5 heteroatoms. The van der Waals surface area contributed by atoms with Crippen molar-refractivity contribution in [1.29, 1.82) is 0 Å². The van der Waals surface area contributed by atoms with E-state index in [9.17, 15) is 9.90 Å². The van der Waals surface area contributed by atoms with Crippen LogP contribution >= 0.6 is 11.6 Å². The molecule has 31 heavy (non-hydrogen) atoms. The van der Waals surface area contributed by atoms with Crippen LogP contribution in [0.1, 0.15) is 73.8 Å². The summed E-state index contributed by atoms with van der Waals surface area (Å²) in [6.07, 6.45) is 9.12. The van der Waals surface area contributed by atoms with Gasteiger partial charge in [0.1, 0.15) is 0 Å². The fourth-order valence-electron chi connectivity index (χ4n) is 5.11. The SMILES string of the molecule is CCCC(=O)N1CCC(C2c3ccc(Cl)cc3C(CCCO)=Cc3cccnc32)CC1. The van der Waals surface area contributed by atoms with E-state index in [0.717, 1.165) is 61.5 Å². The standard InChI is InChI=1S/C26H31ClN2O2/c1-2-5-24(31)29-13-10-18(11-14-29)25-22-9-8-21(27)17-23(22)19(7-4-15-30)16-20-6-3-12-28-26(20)25/h3,6,8-9,12,16-18,25,30H,2,4-5,7,10-11,13-15H2,1H3. The lowest BCUT2D eigenvalue weighted by atomic mass is 9.76. The molecule has 2 aliphatic rings. The molecule has 4 rings (SSSR count). The minimum absolute atomic E-state index is 0.167. The minimum Gasteiger partial charge on any atom is -0.396 e. The average Bonchev–Trinajstić information content (AvgIpc) is 2.92. The van der Waals surface area contributed by atoms with E-state index in [1.54, 1.807) is 0 Å². The molecule has 1 amide bonds. The van der Waals surface area contributed by atoms with Gasteiger partial charge < -0.3 is 10.0 Å². The Bertz CT molecular complexity index is 964. The van der Waals surface area contributed by atoms with Gasteiger partial charge in [-0.25, -0.2) is 0 Å². The van der Waals surface area contributed by atoms with E-state index < -0.39 is 0 Å². The summed E-state index contributed by atoms with van der Waals surface area (Å²) in [6.45, 7) is 3.86. The van der Waals surface area contributed by atoms with E-state index in [4.69, 9.17) is 16.6 Å². The molecular weight excluding hydrogens is 408 g/mol. The number of hydrogen-bond donors (Lipinski definition) is 1. The predicted octanol–water partition coefficient (Wildman–Crippen LogP) is 5.53. The number of carbonyl (C=O) groups excluding carboxylic acids is 1. The van der Waals surface area contributed by atoms with Crippen molar-refractivity contribution in [2.75, 3.05) is 19.7 Å². The molecule has 0 spiro atoms. The van der Waals surface area contributed by atoms with Crippen LogP contribution in [0, 0.1) is 5.92 Å². The monoisotopic (exact) mass is 438 g/mol. The van der Waals surface area contributed by atoms with Gasteiger partial charge in [0.05, 0.1) is 5.69 Å². The van der Waals surface area contributed by atoms with Crippen LogP contribution in [0.3, 0.4) is 0 Å². The Kier molecular flexibility index (Phi) is 7.09.